The molecule has 0 unspecified atom stereocenters. The Balaban J connectivity index is 2.37. The summed E-state index contributed by atoms with van der Waals surface area (Å²) >= 11 is 6.18. The number of amides is 2. The first-order valence-electron chi connectivity index (χ1n) is 10.5. The first-order chi connectivity index (χ1) is 15.6. The molecule has 0 aromatic heterocycles. The largest absolute Gasteiger partial charge is 0.495 e. The molecule has 2 amide bonds. The molecule has 0 spiro atoms. The van der Waals surface area contributed by atoms with Crippen LogP contribution in [0.4, 0.5) is 5.69 Å². The highest BCUT2D eigenvalue weighted by Crippen LogP contribution is 2.30. The molecule has 2 aromatic rings. The van der Waals surface area contributed by atoms with E-state index in [1.165, 1.54) is 30.2 Å². The molecule has 0 heterocycles. The van der Waals surface area contributed by atoms with Gasteiger partial charge < -0.3 is 15.0 Å². The highest BCUT2D eigenvalue weighted by Gasteiger charge is 2.30. The highest BCUT2D eigenvalue weighted by atomic mass is 35.5. The molecule has 1 atom stereocenters. The van der Waals surface area contributed by atoms with Gasteiger partial charge in [-0.1, -0.05) is 48.9 Å². The Morgan fingerprint density at radius 1 is 1.15 bits per heavy atom. The Hall–Kier alpha value is -2.78. The molecule has 33 heavy (non-hydrogen) atoms. The van der Waals surface area contributed by atoms with Crippen molar-refractivity contribution in [2.45, 2.75) is 32.9 Å². The number of rotatable bonds is 11. The van der Waals surface area contributed by atoms with Crippen LogP contribution < -0.4 is 14.4 Å². The van der Waals surface area contributed by atoms with E-state index in [1.807, 2.05) is 37.3 Å². The van der Waals surface area contributed by atoms with E-state index < -0.39 is 28.5 Å². The van der Waals surface area contributed by atoms with Crippen molar-refractivity contribution in [2.24, 2.45) is 0 Å². The van der Waals surface area contributed by atoms with Crippen LogP contribution in [-0.2, 0) is 26.2 Å². The number of benzene rings is 2. The number of ether oxygens (including phenoxy) is 1. The second-order valence-corrected chi connectivity index (χ2v) is 9.88. The maximum atomic E-state index is 13.4. The molecular weight excluding hydrogens is 466 g/mol. The summed E-state index contributed by atoms with van der Waals surface area (Å²) in [6.07, 6.45) is 1.77. The van der Waals surface area contributed by atoms with Crippen LogP contribution in [0.5, 0.6) is 5.75 Å². The third-order valence-corrected chi connectivity index (χ3v) is 6.45. The van der Waals surface area contributed by atoms with Gasteiger partial charge in [0.15, 0.2) is 0 Å². The number of sulfonamides is 1. The fourth-order valence-electron chi connectivity index (χ4n) is 3.18. The number of carbonyl (C=O) groups is 2. The topological polar surface area (TPSA) is 96.0 Å². The number of anilines is 1. The number of carbonyl (C=O) groups excluding carboxylic acids is 2. The lowest BCUT2D eigenvalue weighted by Crippen LogP contribution is -2.51. The van der Waals surface area contributed by atoms with Crippen LogP contribution in [0, 0.1) is 0 Å². The van der Waals surface area contributed by atoms with Gasteiger partial charge in [0, 0.05) is 13.1 Å². The summed E-state index contributed by atoms with van der Waals surface area (Å²) in [6, 6.07) is 12.9. The quantitative estimate of drug-likeness (QED) is 0.517. The summed E-state index contributed by atoms with van der Waals surface area (Å²) in [4.78, 5) is 27.4. The zero-order chi connectivity index (χ0) is 24.6. The number of nitrogens with zero attached hydrogens (tertiary/aromatic N) is 2. The summed E-state index contributed by atoms with van der Waals surface area (Å²) in [5, 5.41) is 3.01. The van der Waals surface area contributed by atoms with Crippen molar-refractivity contribution in [2.75, 3.05) is 30.8 Å². The van der Waals surface area contributed by atoms with E-state index in [4.69, 9.17) is 16.3 Å². The summed E-state index contributed by atoms with van der Waals surface area (Å²) in [5.74, 6) is -0.443. The van der Waals surface area contributed by atoms with Crippen molar-refractivity contribution in [3.05, 3.63) is 59.1 Å². The second kappa shape index (κ2) is 11.9. The van der Waals surface area contributed by atoms with Crippen LogP contribution in [0.25, 0.3) is 0 Å². The summed E-state index contributed by atoms with van der Waals surface area (Å²) in [6.45, 7) is 3.71. The maximum absolute atomic E-state index is 13.4. The lowest BCUT2D eigenvalue weighted by atomic mass is 10.1. The molecule has 1 N–H and O–H groups in total. The Labute approximate surface area is 200 Å². The molecular formula is C23H30ClN3O5S. The standard InChI is InChI=1S/C23H30ClN3O5S/c1-5-13-25-23(29)17(2)26(15-18-9-7-6-8-10-18)22(28)16-27(33(4,30)31)19-11-12-21(32-3)20(24)14-19/h6-12,14,17H,5,13,15-16H2,1-4H3,(H,25,29)/t17-/m1/s1. The Morgan fingerprint density at radius 3 is 2.36 bits per heavy atom. The lowest BCUT2D eigenvalue weighted by molar-refractivity contribution is -0.139. The van der Waals surface area contributed by atoms with Gasteiger partial charge in [0.1, 0.15) is 18.3 Å². The van der Waals surface area contributed by atoms with Gasteiger partial charge in [0.25, 0.3) is 0 Å². The van der Waals surface area contributed by atoms with Crippen molar-refractivity contribution < 1.29 is 22.7 Å². The minimum Gasteiger partial charge on any atom is -0.495 e. The molecule has 2 aromatic carbocycles. The summed E-state index contributed by atoms with van der Waals surface area (Å²) < 4.78 is 31.2. The van der Waals surface area contributed by atoms with Crippen LogP contribution in [0.2, 0.25) is 5.02 Å². The fraction of sp³-hybridized carbons (Fsp3) is 0.391. The van der Waals surface area contributed by atoms with E-state index in [-0.39, 0.29) is 23.2 Å². The number of hydrogen-bond acceptors (Lipinski definition) is 5. The second-order valence-electron chi connectivity index (χ2n) is 7.56. The van der Waals surface area contributed by atoms with Gasteiger partial charge in [-0.2, -0.15) is 0 Å². The monoisotopic (exact) mass is 495 g/mol. The number of nitrogens with one attached hydrogen (secondary N) is 1. The van der Waals surface area contributed by atoms with E-state index in [1.54, 1.807) is 6.92 Å². The molecule has 0 saturated heterocycles. The van der Waals surface area contributed by atoms with Crippen LogP contribution in [-0.4, -0.2) is 57.6 Å². The van der Waals surface area contributed by atoms with E-state index in [0.29, 0.717) is 12.3 Å². The summed E-state index contributed by atoms with van der Waals surface area (Å²) in [5.41, 5.74) is 1.04. The van der Waals surface area contributed by atoms with Gasteiger partial charge in [0.2, 0.25) is 21.8 Å². The minimum absolute atomic E-state index is 0.154. The predicted molar refractivity (Wildman–Crippen MR) is 130 cm³/mol. The molecule has 180 valence electrons. The zero-order valence-electron chi connectivity index (χ0n) is 19.2. The molecule has 0 radical (unpaired) electrons. The van der Waals surface area contributed by atoms with Gasteiger partial charge >= 0.3 is 0 Å². The fourth-order valence-corrected chi connectivity index (χ4v) is 4.28. The van der Waals surface area contributed by atoms with Crippen molar-refractivity contribution in [3.63, 3.8) is 0 Å². The van der Waals surface area contributed by atoms with Crippen LogP contribution in [0.3, 0.4) is 0 Å². The van der Waals surface area contributed by atoms with Crippen LogP contribution >= 0.6 is 11.6 Å². The highest BCUT2D eigenvalue weighted by molar-refractivity contribution is 7.92. The molecule has 0 fully saturated rings. The average molecular weight is 496 g/mol. The van der Waals surface area contributed by atoms with E-state index in [9.17, 15) is 18.0 Å². The molecule has 0 aliphatic rings. The minimum atomic E-state index is -3.83. The van der Waals surface area contributed by atoms with Crippen molar-refractivity contribution >= 4 is 39.1 Å². The smallest absolute Gasteiger partial charge is 0.244 e. The molecule has 0 aliphatic heterocycles. The van der Waals surface area contributed by atoms with Gasteiger partial charge in [-0.25, -0.2) is 8.42 Å². The molecule has 10 heteroatoms. The molecule has 0 saturated carbocycles. The number of halogens is 1. The first-order valence-corrected chi connectivity index (χ1v) is 12.7. The lowest BCUT2D eigenvalue weighted by Gasteiger charge is -2.31. The van der Waals surface area contributed by atoms with E-state index >= 15 is 0 Å². The van der Waals surface area contributed by atoms with Crippen LogP contribution in [0.15, 0.2) is 48.5 Å². The first kappa shape index (κ1) is 26.5. The molecule has 2 rings (SSSR count). The van der Waals surface area contributed by atoms with Crippen molar-refractivity contribution in [3.8, 4) is 5.75 Å². The molecule has 0 bridgehead atoms. The van der Waals surface area contributed by atoms with E-state index in [0.717, 1.165) is 22.5 Å². The Kier molecular flexibility index (Phi) is 9.55. The zero-order valence-corrected chi connectivity index (χ0v) is 20.8. The Bertz CT molecular complexity index is 1060. The Morgan fingerprint density at radius 2 is 1.82 bits per heavy atom. The van der Waals surface area contributed by atoms with Gasteiger partial charge in [-0.3, -0.25) is 13.9 Å². The molecule has 8 nitrogen and oxygen atoms in total. The number of methoxy groups -OCH3 is 1. The SMILES string of the molecule is CCCNC(=O)[C@@H](C)N(Cc1ccccc1)C(=O)CN(c1ccc(OC)c(Cl)c1)S(C)(=O)=O. The van der Waals surface area contributed by atoms with Crippen molar-refractivity contribution in [1.29, 1.82) is 0 Å². The van der Waals surface area contributed by atoms with E-state index in [2.05, 4.69) is 5.32 Å². The maximum Gasteiger partial charge on any atom is 0.244 e. The number of hydrogen-bond donors (Lipinski definition) is 1. The summed E-state index contributed by atoms with van der Waals surface area (Å²) in [7, 11) is -2.38. The third kappa shape index (κ3) is 7.36. The van der Waals surface area contributed by atoms with Gasteiger partial charge in [-0.05, 0) is 37.1 Å². The molecule has 0 aliphatic carbocycles. The third-order valence-electron chi connectivity index (χ3n) is 5.01. The van der Waals surface area contributed by atoms with Crippen LogP contribution in [0.1, 0.15) is 25.8 Å². The van der Waals surface area contributed by atoms with Crippen molar-refractivity contribution in [1.82, 2.24) is 10.2 Å². The predicted octanol–water partition coefficient (Wildman–Crippen LogP) is 3.06. The van der Waals surface area contributed by atoms with Gasteiger partial charge in [-0.15, -0.1) is 0 Å². The normalized spacial score (nSPS) is 12.0. The average Bonchev–Trinajstić information content (AvgIpc) is 2.78. The van der Waals surface area contributed by atoms with Gasteiger partial charge in [0.05, 0.1) is 24.1 Å².